The first-order valence-corrected chi connectivity index (χ1v) is 4.80. The topological polar surface area (TPSA) is 50.4 Å². The minimum Gasteiger partial charge on any atom is -0.383 e. The van der Waals surface area contributed by atoms with Crippen molar-refractivity contribution in [2.75, 3.05) is 20.3 Å². The Balaban J connectivity index is 2.27. The van der Waals surface area contributed by atoms with E-state index in [1.54, 1.807) is 7.11 Å². The zero-order valence-electron chi connectivity index (χ0n) is 8.55. The third-order valence-electron chi connectivity index (χ3n) is 2.20. The highest BCUT2D eigenvalue weighted by Crippen LogP contribution is 2.09. The second-order valence-corrected chi connectivity index (χ2v) is 3.66. The summed E-state index contributed by atoms with van der Waals surface area (Å²) >= 11 is 0. The SMILES string of the molecule is COC[C@@H](C)NC(=O)[C@H]1C[C@H](F)CN1. The average molecular weight is 204 g/mol. The predicted molar refractivity (Wildman–Crippen MR) is 50.8 cm³/mol. The van der Waals surface area contributed by atoms with E-state index in [1.807, 2.05) is 6.92 Å². The Labute approximate surface area is 83.2 Å². The molecule has 1 aliphatic rings. The van der Waals surface area contributed by atoms with Gasteiger partial charge in [-0.25, -0.2) is 4.39 Å². The summed E-state index contributed by atoms with van der Waals surface area (Å²) in [6.07, 6.45) is -0.630. The van der Waals surface area contributed by atoms with E-state index in [1.165, 1.54) is 0 Å². The molecule has 0 saturated carbocycles. The third kappa shape index (κ3) is 3.23. The van der Waals surface area contributed by atoms with Crippen LogP contribution in [-0.2, 0) is 9.53 Å². The molecule has 1 saturated heterocycles. The average Bonchev–Trinajstić information content (AvgIpc) is 2.52. The first-order chi connectivity index (χ1) is 6.63. The summed E-state index contributed by atoms with van der Waals surface area (Å²) in [5, 5.41) is 5.58. The normalized spacial score (nSPS) is 28.8. The molecule has 1 fully saturated rings. The summed E-state index contributed by atoms with van der Waals surface area (Å²) in [5.74, 6) is -0.144. The van der Waals surface area contributed by atoms with Gasteiger partial charge in [0.1, 0.15) is 6.17 Å². The molecule has 82 valence electrons. The van der Waals surface area contributed by atoms with Crippen molar-refractivity contribution in [2.45, 2.75) is 31.6 Å². The Morgan fingerprint density at radius 3 is 3.00 bits per heavy atom. The van der Waals surface area contributed by atoms with Crippen molar-refractivity contribution in [2.24, 2.45) is 0 Å². The molecule has 14 heavy (non-hydrogen) atoms. The Morgan fingerprint density at radius 2 is 2.50 bits per heavy atom. The fourth-order valence-corrected chi connectivity index (χ4v) is 1.53. The van der Waals surface area contributed by atoms with Crippen LogP contribution in [0.2, 0.25) is 0 Å². The molecule has 1 rings (SSSR count). The van der Waals surface area contributed by atoms with Crippen molar-refractivity contribution in [3.63, 3.8) is 0 Å². The molecule has 1 heterocycles. The van der Waals surface area contributed by atoms with E-state index < -0.39 is 6.17 Å². The number of hydrogen-bond acceptors (Lipinski definition) is 3. The van der Waals surface area contributed by atoms with Crippen LogP contribution >= 0.6 is 0 Å². The largest absolute Gasteiger partial charge is 0.383 e. The van der Waals surface area contributed by atoms with Gasteiger partial charge in [0.25, 0.3) is 0 Å². The maximum Gasteiger partial charge on any atom is 0.237 e. The van der Waals surface area contributed by atoms with Crippen LogP contribution in [0.4, 0.5) is 4.39 Å². The van der Waals surface area contributed by atoms with E-state index in [-0.39, 0.29) is 31.0 Å². The van der Waals surface area contributed by atoms with Crippen molar-refractivity contribution in [3.05, 3.63) is 0 Å². The first kappa shape index (κ1) is 11.4. The van der Waals surface area contributed by atoms with Gasteiger partial charge in [-0.15, -0.1) is 0 Å². The van der Waals surface area contributed by atoms with Crippen LogP contribution in [0, 0.1) is 0 Å². The lowest BCUT2D eigenvalue weighted by molar-refractivity contribution is -0.123. The van der Waals surface area contributed by atoms with Crippen LogP contribution < -0.4 is 10.6 Å². The van der Waals surface area contributed by atoms with Gasteiger partial charge >= 0.3 is 0 Å². The van der Waals surface area contributed by atoms with E-state index in [2.05, 4.69) is 10.6 Å². The highest BCUT2D eigenvalue weighted by Gasteiger charge is 2.29. The van der Waals surface area contributed by atoms with Gasteiger partial charge in [0.15, 0.2) is 0 Å². The molecule has 1 aliphatic heterocycles. The molecule has 0 unspecified atom stereocenters. The number of carbonyl (C=O) groups is 1. The predicted octanol–water partition coefficient (Wildman–Crippen LogP) is -0.162. The quantitative estimate of drug-likeness (QED) is 0.669. The molecule has 0 aromatic carbocycles. The van der Waals surface area contributed by atoms with Crippen LogP contribution in [-0.4, -0.2) is 44.4 Å². The van der Waals surface area contributed by atoms with E-state index in [0.29, 0.717) is 6.61 Å². The van der Waals surface area contributed by atoms with Crippen molar-refractivity contribution in [3.8, 4) is 0 Å². The summed E-state index contributed by atoms with van der Waals surface area (Å²) in [5.41, 5.74) is 0. The van der Waals surface area contributed by atoms with Gasteiger partial charge in [0, 0.05) is 26.1 Å². The standard InChI is InChI=1S/C9H17FN2O2/c1-6(5-14-2)12-9(13)8-3-7(10)4-11-8/h6-8,11H,3-5H2,1-2H3,(H,12,13)/t6-,7+,8-/m1/s1. The summed E-state index contributed by atoms with van der Waals surface area (Å²) in [7, 11) is 1.58. The molecular formula is C9H17FN2O2. The zero-order chi connectivity index (χ0) is 10.6. The van der Waals surface area contributed by atoms with Crippen molar-refractivity contribution >= 4 is 5.91 Å². The van der Waals surface area contributed by atoms with Gasteiger partial charge in [-0.2, -0.15) is 0 Å². The number of methoxy groups -OCH3 is 1. The molecule has 1 amide bonds. The highest BCUT2D eigenvalue weighted by atomic mass is 19.1. The molecule has 4 nitrogen and oxygen atoms in total. The van der Waals surface area contributed by atoms with Crippen LogP contribution in [0.1, 0.15) is 13.3 Å². The molecule has 0 aromatic rings. The van der Waals surface area contributed by atoms with Gasteiger partial charge < -0.3 is 15.4 Å². The maximum atomic E-state index is 12.8. The number of hydrogen-bond donors (Lipinski definition) is 2. The minimum absolute atomic E-state index is 0.0343. The first-order valence-electron chi connectivity index (χ1n) is 4.80. The number of halogens is 1. The van der Waals surface area contributed by atoms with Crippen LogP contribution in [0.5, 0.6) is 0 Å². The van der Waals surface area contributed by atoms with Crippen molar-refractivity contribution < 1.29 is 13.9 Å². The van der Waals surface area contributed by atoms with E-state index in [4.69, 9.17) is 4.74 Å². The Morgan fingerprint density at radius 1 is 1.79 bits per heavy atom. The second-order valence-electron chi connectivity index (χ2n) is 3.66. The van der Waals surface area contributed by atoms with Crippen molar-refractivity contribution in [1.82, 2.24) is 10.6 Å². The summed E-state index contributed by atoms with van der Waals surface area (Å²) < 4.78 is 17.6. The van der Waals surface area contributed by atoms with Gasteiger partial charge in [-0.1, -0.05) is 0 Å². The number of amides is 1. The molecule has 0 radical (unpaired) electrons. The summed E-state index contributed by atoms with van der Waals surface area (Å²) in [6.45, 7) is 2.59. The third-order valence-corrected chi connectivity index (χ3v) is 2.20. The molecule has 0 bridgehead atoms. The van der Waals surface area contributed by atoms with E-state index in [9.17, 15) is 9.18 Å². The van der Waals surface area contributed by atoms with Gasteiger partial charge in [-0.3, -0.25) is 4.79 Å². The molecule has 2 N–H and O–H groups in total. The summed E-state index contributed by atoms with van der Waals surface area (Å²) in [6, 6.07) is -0.419. The number of carbonyl (C=O) groups excluding carboxylic acids is 1. The Kier molecular flexibility index (Phi) is 4.28. The highest BCUT2D eigenvalue weighted by molar-refractivity contribution is 5.82. The maximum absolute atomic E-state index is 12.8. The van der Waals surface area contributed by atoms with Gasteiger partial charge in [0.05, 0.1) is 12.6 Å². The molecule has 0 aliphatic carbocycles. The minimum atomic E-state index is -0.900. The number of alkyl halides is 1. The molecule has 3 atom stereocenters. The molecule has 0 spiro atoms. The number of nitrogens with one attached hydrogen (secondary N) is 2. The molecule has 0 aromatic heterocycles. The Bertz CT molecular complexity index is 201. The van der Waals surface area contributed by atoms with Gasteiger partial charge in [-0.05, 0) is 6.92 Å². The van der Waals surface area contributed by atoms with Crippen LogP contribution in [0.25, 0.3) is 0 Å². The zero-order valence-corrected chi connectivity index (χ0v) is 8.55. The van der Waals surface area contributed by atoms with E-state index >= 15 is 0 Å². The number of rotatable bonds is 4. The molecule has 5 heteroatoms. The monoisotopic (exact) mass is 204 g/mol. The Hall–Kier alpha value is -0.680. The summed E-state index contributed by atoms with van der Waals surface area (Å²) in [4.78, 5) is 11.5. The fraction of sp³-hybridized carbons (Fsp3) is 0.889. The lowest BCUT2D eigenvalue weighted by atomic mass is 10.2. The lowest BCUT2D eigenvalue weighted by Gasteiger charge is -2.16. The smallest absolute Gasteiger partial charge is 0.237 e. The van der Waals surface area contributed by atoms with Crippen LogP contribution in [0.3, 0.4) is 0 Å². The van der Waals surface area contributed by atoms with Crippen LogP contribution in [0.15, 0.2) is 0 Å². The fourth-order valence-electron chi connectivity index (χ4n) is 1.53. The van der Waals surface area contributed by atoms with Gasteiger partial charge in [0.2, 0.25) is 5.91 Å². The number of ether oxygens (including phenoxy) is 1. The van der Waals surface area contributed by atoms with E-state index in [0.717, 1.165) is 0 Å². The van der Waals surface area contributed by atoms with Crippen molar-refractivity contribution in [1.29, 1.82) is 0 Å². The molecular weight excluding hydrogens is 187 g/mol. The lowest BCUT2D eigenvalue weighted by Crippen LogP contribution is -2.45. The second kappa shape index (κ2) is 5.26.